The van der Waals surface area contributed by atoms with Crippen LogP contribution in [0.2, 0.25) is 0 Å². The molecule has 5 aromatic carbocycles. The number of benzene rings is 5. The summed E-state index contributed by atoms with van der Waals surface area (Å²) in [5.41, 5.74) is 5.65. The van der Waals surface area contributed by atoms with E-state index in [9.17, 15) is 0 Å². The van der Waals surface area contributed by atoms with Gasteiger partial charge in [0, 0.05) is 18.1 Å². The molecule has 0 amide bonds. The van der Waals surface area contributed by atoms with Crippen LogP contribution in [0.15, 0.2) is 134 Å². The Kier molecular flexibility index (Phi) is 6.08. The Morgan fingerprint density at radius 2 is 1.43 bits per heavy atom. The van der Waals surface area contributed by atoms with Gasteiger partial charge in [-0.3, -0.25) is 0 Å². The molecule has 0 aliphatic heterocycles. The summed E-state index contributed by atoms with van der Waals surface area (Å²) >= 11 is 0. The van der Waals surface area contributed by atoms with Crippen LogP contribution in [0.4, 0.5) is 0 Å². The lowest BCUT2D eigenvalue weighted by atomic mass is 9.90. The van der Waals surface area contributed by atoms with Crippen LogP contribution in [0.5, 0.6) is 0 Å². The highest BCUT2D eigenvalue weighted by atomic mass is 15.1. The Hall–Kier alpha value is -4.36. The van der Waals surface area contributed by atoms with Gasteiger partial charge in [0.2, 0.25) is 0 Å². The maximum atomic E-state index is 4.08. The number of fused-ring (bicyclic) bond motifs is 5. The minimum Gasteiger partial charge on any atom is -0.325 e. The lowest BCUT2D eigenvalue weighted by Crippen LogP contribution is -2.06. The summed E-state index contributed by atoms with van der Waals surface area (Å²) in [6, 6.07) is 33.1. The molecule has 5 aromatic rings. The number of hydrogen-bond donors (Lipinski definition) is 0. The van der Waals surface area contributed by atoms with Gasteiger partial charge < -0.3 is 4.90 Å². The Morgan fingerprint density at radius 1 is 0.771 bits per heavy atom. The second kappa shape index (κ2) is 9.48. The minimum absolute atomic E-state index is 0.842. The molecule has 0 saturated heterocycles. The number of hydrogen-bond acceptors (Lipinski definition) is 1. The first-order valence-corrected chi connectivity index (χ1v) is 12.0. The molecule has 0 fully saturated rings. The highest BCUT2D eigenvalue weighted by molar-refractivity contribution is 6.23. The molecular formula is C34H29N. The second-order valence-electron chi connectivity index (χ2n) is 8.83. The highest BCUT2D eigenvalue weighted by Gasteiger charge is 2.11. The second-order valence-corrected chi connectivity index (χ2v) is 8.83. The fourth-order valence-electron chi connectivity index (χ4n) is 4.80. The molecule has 0 atom stereocenters. The summed E-state index contributed by atoms with van der Waals surface area (Å²) in [4.78, 5) is 2.00. The lowest BCUT2D eigenvalue weighted by Gasteiger charge is -2.17. The van der Waals surface area contributed by atoms with Gasteiger partial charge in [0.25, 0.3) is 0 Å². The summed E-state index contributed by atoms with van der Waals surface area (Å²) in [6.07, 6.45) is 7.85. The molecule has 35 heavy (non-hydrogen) atoms. The van der Waals surface area contributed by atoms with Crippen LogP contribution in [0.1, 0.15) is 19.4 Å². The van der Waals surface area contributed by atoms with Gasteiger partial charge in [-0.25, -0.2) is 0 Å². The Labute approximate surface area is 207 Å². The molecule has 0 spiro atoms. The van der Waals surface area contributed by atoms with E-state index in [1.807, 2.05) is 24.1 Å². The van der Waals surface area contributed by atoms with Gasteiger partial charge in [-0.2, -0.15) is 0 Å². The topological polar surface area (TPSA) is 3.24 Å². The van der Waals surface area contributed by atoms with E-state index in [4.69, 9.17) is 0 Å². The Bertz CT molecular complexity index is 1630. The van der Waals surface area contributed by atoms with E-state index in [0.717, 1.165) is 11.3 Å². The first kappa shape index (κ1) is 22.4. The lowest BCUT2D eigenvalue weighted by molar-refractivity contribution is 0.655. The van der Waals surface area contributed by atoms with Crippen molar-refractivity contribution in [3.63, 3.8) is 0 Å². The predicted octanol–water partition coefficient (Wildman–Crippen LogP) is 9.71. The normalized spacial score (nSPS) is 12.0. The van der Waals surface area contributed by atoms with Crippen molar-refractivity contribution in [1.82, 2.24) is 4.90 Å². The molecule has 1 heteroatoms. The third-order valence-corrected chi connectivity index (χ3v) is 6.61. The van der Waals surface area contributed by atoms with Gasteiger partial charge >= 0.3 is 0 Å². The van der Waals surface area contributed by atoms with Crippen LogP contribution < -0.4 is 0 Å². The zero-order valence-corrected chi connectivity index (χ0v) is 20.3. The molecule has 5 rings (SSSR count). The van der Waals surface area contributed by atoms with Crippen LogP contribution in [-0.2, 0) is 0 Å². The van der Waals surface area contributed by atoms with Gasteiger partial charge in [0.1, 0.15) is 0 Å². The van der Waals surface area contributed by atoms with Crippen LogP contribution in [0.3, 0.4) is 0 Å². The van der Waals surface area contributed by atoms with Gasteiger partial charge in [-0.05, 0) is 80.6 Å². The van der Waals surface area contributed by atoms with E-state index < -0.39 is 0 Å². The van der Waals surface area contributed by atoms with E-state index in [1.54, 1.807) is 6.08 Å². The third kappa shape index (κ3) is 4.18. The molecular weight excluding hydrogens is 422 g/mol. The first-order valence-electron chi connectivity index (χ1n) is 12.0. The smallest absolute Gasteiger partial charge is 0.0371 e. The fourth-order valence-corrected chi connectivity index (χ4v) is 4.80. The standard InChI is InChI=1S/C34H29N/c1-5-21-35(25(4)6-2)23-24(3)26-15-17-28(18-16-26)33-22-29-20-19-27-11-7-8-12-30(27)34(29)32-14-10-9-13-31(32)33/h5-23H,2,4H2,1,3H3/b21-5-,24-23+. The molecule has 0 radical (unpaired) electrons. The largest absolute Gasteiger partial charge is 0.325 e. The van der Waals surface area contributed by atoms with Crippen LogP contribution in [-0.4, -0.2) is 4.90 Å². The summed E-state index contributed by atoms with van der Waals surface area (Å²) in [6.45, 7) is 12.0. The van der Waals surface area contributed by atoms with E-state index in [0.29, 0.717) is 0 Å². The number of rotatable bonds is 6. The SMILES string of the molecule is C=CC(=C)N(/C=C\C)/C=C(\C)c1ccc(-c2cc3ccc4ccccc4c3c3ccccc23)cc1. The molecule has 0 unspecified atom stereocenters. The van der Waals surface area contributed by atoms with Crippen LogP contribution in [0.25, 0.3) is 49.0 Å². The summed E-state index contributed by atoms with van der Waals surface area (Å²) in [7, 11) is 0. The number of allylic oxidation sites excluding steroid dienone is 3. The fraction of sp³-hybridized carbons (Fsp3) is 0.0588. The van der Waals surface area contributed by atoms with Gasteiger partial charge in [0.15, 0.2) is 0 Å². The maximum absolute atomic E-state index is 4.08. The summed E-state index contributed by atoms with van der Waals surface area (Å²) < 4.78 is 0. The molecule has 0 N–H and O–H groups in total. The quantitative estimate of drug-likeness (QED) is 0.183. The summed E-state index contributed by atoms with van der Waals surface area (Å²) in [5, 5.41) is 7.73. The Morgan fingerprint density at radius 3 is 2.14 bits per heavy atom. The van der Waals surface area contributed by atoms with Crippen molar-refractivity contribution in [2.75, 3.05) is 0 Å². The molecule has 170 valence electrons. The zero-order chi connectivity index (χ0) is 24.4. The summed E-state index contributed by atoms with van der Waals surface area (Å²) in [5.74, 6) is 0. The molecule has 0 bridgehead atoms. The average Bonchev–Trinajstić information content (AvgIpc) is 2.91. The first-order chi connectivity index (χ1) is 17.1. The molecule has 0 aliphatic carbocycles. The van der Waals surface area contributed by atoms with Crippen molar-refractivity contribution in [2.45, 2.75) is 13.8 Å². The third-order valence-electron chi connectivity index (χ3n) is 6.61. The van der Waals surface area contributed by atoms with Gasteiger partial charge in [-0.15, -0.1) is 0 Å². The van der Waals surface area contributed by atoms with Crippen molar-refractivity contribution in [3.05, 3.63) is 140 Å². The molecule has 0 saturated carbocycles. The van der Waals surface area contributed by atoms with E-state index in [2.05, 4.69) is 117 Å². The molecule has 0 aromatic heterocycles. The average molecular weight is 452 g/mol. The zero-order valence-electron chi connectivity index (χ0n) is 20.3. The molecule has 0 aliphatic rings. The predicted molar refractivity (Wildman–Crippen MR) is 154 cm³/mol. The molecule has 0 heterocycles. The highest BCUT2D eigenvalue weighted by Crippen LogP contribution is 2.38. The van der Waals surface area contributed by atoms with Crippen LogP contribution >= 0.6 is 0 Å². The van der Waals surface area contributed by atoms with Crippen molar-refractivity contribution in [1.29, 1.82) is 0 Å². The van der Waals surface area contributed by atoms with Crippen molar-refractivity contribution in [3.8, 4) is 11.1 Å². The van der Waals surface area contributed by atoms with Gasteiger partial charge in [-0.1, -0.05) is 104 Å². The maximum Gasteiger partial charge on any atom is 0.0371 e. The molecule has 1 nitrogen and oxygen atoms in total. The van der Waals surface area contributed by atoms with E-state index >= 15 is 0 Å². The van der Waals surface area contributed by atoms with Gasteiger partial charge in [0.05, 0.1) is 0 Å². The van der Waals surface area contributed by atoms with E-state index in [-0.39, 0.29) is 0 Å². The van der Waals surface area contributed by atoms with Crippen molar-refractivity contribution >= 4 is 37.9 Å². The van der Waals surface area contributed by atoms with Crippen molar-refractivity contribution < 1.29 is 0 Å². The monoisotopic (exact) mass is 451 g/mol. The Balaban J connectivity index is 1.62. The van der Waals surface area contributed by atoms with Crippen LogP contribution in [0, 0.1) is 0 Å². The van der Waals surface area contributed by atoms with E-state index in [1.165, 1.54) is 49.0 Å². The minimum atomic E-state index is 0.842. The number of nitrogens with zero attached hydrogens (tertiary/aromatic N) is 1. The van der Waals surface area contributed by atoms with Crippen molar-refractivity contribution in [2.24, 2.45) is 0 Å².